The van der Waals surface area contributed by atoms with E-state index in [1.807, 2.05) is 6.92 Å². The van der Waals surface area contributed by atoms with E-state index in [0.717, 1.165) is 11.8 Å². The molecule has 0 fully saturated rings. The number of benzene rings is 2. The number of anilines is 1. The average Bonchev–Trinajstić information content (AvgIpc) is 2.67. The number of carbonyl (C=O) groups is 1. The van der Waals surface area contributed by atoms with Crippen LogP contribution in [-0.2, 0) is 21.2 Å². The number of hydrogen-bond donors (Lipinski definition) is 1. The van der Waals surface area contributed by atoms with E-state index in [4.69, 9.17) is 14.2 Å². The van der Waals surface area contributed by atoms with Gasteiger partial charge in [0.2, 0.25) is 11.7 Å². The van der Waals surface area contributed by atoms with E-state index in [2.05, 4.69) is 5.32 Å². The van der Waals surface area contributed by atoms with Gasteiger partial charge in [0.15, 0.2) is 21.3 Å². The highest BCUT2D eigenvalue weighted by molar-refractivity contribution is 7.90. The summed E-state index contributed by atoms with van der Waals surface area (Å²) in [5.74, 6) is 1.10. The number of ether oxygens (including phenoxy) is 3. The molecule has 152 valence electrons. The molecule has 7 nitrogen and oxygen atoms in total. The minimum absolute atomic E-state index is 0.139. The Hall–Kier alpha value is -2.74. The maximum absolute atomic E-state index is 11.7. The van der Waals surface area contributed by atoms with Gasteiger partial charge in [0, 0.05) is 12.7 Å². The van der Waals surface area contributed by atoms with Crippen molar-refractivity contribution < 1.29 is 27.4 Å². The molecule has 1 N–H and O–H groups in total. The highest BCUT2D eigenvalue weighted by Gasteiger charge is 2.18. The molecule has 0 aliphatic carbocycles. The zero-order valence-electron chi connectivity index (χ0n) is 16.4. The van der Waals surface area contributed by atoms with E-state index >= 15 is 0 Å². The number of hydrogen-bond acceptors (Lipinski definition) is 6. The van der Waals surface area contributed by atoms with Crippen molar-refractivity contribution in [1.29, 1.82) is 0 Å². The number of amides is 1. The van der Waals surface area contributed by atoms with E-state index in [-0.39, 0.29) is 17.4 Å². The van der Waals surface area contributed by atoms with Crippen LogP contribution < -0.4 is 19.5 Å². The van der Waals surface area contributed by atoms with Gasteiger partial charge in [-0.05, 0) is 36.8 Å². The molecule has 2 aromatic carbocycles. The van der Waals surface area contributed by atoms with Crippen LogP contribution in [0.4, 0.5) is 5.69 Å². The third-order valence-electron chi connectivity index (χ3n) is 3.91. The molecule has 0 unspecified atom stereocenters. The molecular weight excluding hydrogens is 382 g/mol. The fourth-order valence-electron chi connectivity index (χ4n) is 2.47. The summed E-state index contributed by atoms with van der Waals surface area (Å²) in [5.41, 5.74) is 1.31. The van der Waals surface area contributed by atoms with Gasteiger partial charge in [0.25, 0.3) is 0 Å². The second kappa shape index (κ2) is 9.45. The minimum atomic E-state index is -3.24. The predicted molar refractivity (Wildman–Crippen MR) is 107 cm³/mol. The first-order valence-electron chi connectivity index (χ1n) is 8.85. The van der Waals surface area contributed by atoms with Crippen LogP contribution in [-0.4, -0.2) is 34.3 Å². The summed E-state index contributed by atoms with van der Waals surface area (Å²) >= 11 is 0. The SMILES string of the molecule is CCOc1c(OCc2ccc(S(C)(=O)=O)cc2)ccc(NC(=O)CC)c1OC. The Kier molecular flexibility index (Phi) is 7.28. The zero-order chi connectivity index (χ0) is 20.7. The Labute approximate surface area is 165 Å². The summed E-state index contributed by atoms with van der Waals surface area (Å²) in [4.78, 5) is 12.0. The predicted octanol–water partition coefficient (Wildman–Crippen LogP) is 3.42. The third kappa shape index (κ3) is 5.39. The summed E-state index contributed by atoms with van der Waals surface area (Å²) in [6.45, 7) is 4.21. The molecule has 0 aliphatic heterocycles. The van der Waals surface area contributed by atoms with Crippen LogP contribution in [0.3, 0.4) is 0 Å². The van der Waals surface area contributed by atoms with Crippen molar-refractivity contribution in [3.63, 3.8) is 0 Å². The Bertz CT molecular complexity index is 922. The van der Waals surface area contributed by atoms with Crippen LogP contribution in [0.15, 0.2) is 41.3 Å². The Morgan fingerprint density at radius 3 is 2.21 bits per heavy atom. The Morgan fingerprint density at radius 1 is 1.00 bits per heavy atom. The van der Waals surface area contributed by atoms with Gasteiger partial charge in [0.05, 0.1) is 24.3 Å². The zero-order valence-corrected chi connectivity index (χ0v) is 17.3. The van der Waals surface area contributed by atoms with Crippen molar-refractivity contribution in [2.24, 2.45) is 0 Å². The standard InChI is InChI=1S/C20H25NO6S/c1-5-18(22)21-16-11-12-17(20(26-6-2)19(16)25-3)27-13-14-7-9-15(10-8-14)28(4,23)24/h7-12H,5-6,13H2,1-4H3,(H,21,22). The van der Waals surface area contributed by atoms with Crippen molar-refractivity contribution in [2.75, 3.05) is 25.3 Å². The maximum atomic E-state index is 11.7. The minimum Gasteiger partial charge on any atom is -0.491 e. The van der Waals surface area contributed by atoms with E-state index in [9.17, 15) is 13.2 Å². The second-order valence-corrected chi connectivity index (χ2v) is 8.03. The fraction of sp³-hybridized carbons (Fsp3) is 0.350. The van der Waals surface area contributed by atoms with Gasteiger partial charge in [-0.1, -0.05) is 19.1 Å². The second-order valence-electron chi connectivity index (χ2n) is 6.01. The lowest BCUT2D eigenvalue weighted by molar-refractivity contribution is -0.115. The highest BCUT2D eigenvalue weighted by atomic mass is 32.2. The van der Waals surface area contributed by atoms with Gasteiger partial charge in [-0.3, -0.25) is 4.79 Å². The molecular formula is C20H25NO6S. The summed E-state index contributed by atoms with van der Waals surface area (Å²) in [7, 11) is -1.75. The number of rotatable bonds is 9. The van der Waals surface area contributed by atoms with E-state index in [1.165, 1.54) is 7.11 Å². The molecule has 8 heteroatoms. The van der Waals surface area contributed by atoms with Crippen LogP contribution in [0, 0.1) is 0 Å². The molecule has 0 atom stereocenters. The molecule has 2 aromatic rings. The van der Waals surface area contributed by atoms with Crippen LogP contribution in [0.25, 0.3) is 0 Å². The number of sulfone groups is 1. The topological polar surface area (TPSA) is 90.9 Å². The van der Waals surface area contributed by atoms with Crippen LogP contribution in [0.1, 0.15) is 25.8 Å². The summed E-state index contributed by atoms with van der Waals surface area (Å²) < 4.78 is 40.1. The van der Waals surface area contributed by atoms with E-state index in [0.29, 0.717) is 36.0 Å². The first kappa shape index (κ1) is 21.6. The normalized spacial score (nSPS) is 11.0. The first-order valence-corrected chi connectivity index (χ1v) is 10.7. The first-order chi connectivity index (χ1) is 13.3. The van der Waals surface area contributed by atoms with Gasteiger partial charge in [-0.15, -0.1) is 0 Å². The van der Waals surface area contributed by atoms with Crippen molar-refractivity contribution in [3.8, 4) is 17.2 Å². The fourth-order valence-corrected chi connectivity index (χ4v) is 3.10. The summed E-state index contributed by atoms with van der Waals surface area (Å²) in [6.07, 6.45) is 1.51. The number of carbonyl (C=O) groups excluding carboxylic acids is 1. The quantitative estimate of drug-likeness (QED) is 0.685. The lowest BCUT2D eigenvalue weighted by Gasteiger charge is -2.18. The van der Waals surface area contributed by atoms with Crippen molar-refractivity contribution in [3.05, 3.63) is 42.0 Å². The van der Waals surface area contributed by atoms with Crippen molar-refractivity contribution >= 4 is 21.4 Å². The van der Waals surface area contributed by atoms with Gasteiger partial charge in [0.1, 0.15) is 6.61 Å². The van der Waals surface area contributed by atoms with Crippen LogP contribution >= 0.6 is 0 Å². The van der Waals surface area contributed by atoms with E-state index in [1.54, 1.807) is 43.3 Å². The molecule has 0 saturated heterocycles. The van der Waals surface area contributed by atoms with Crippen LogP contribution in [0.2, 0.25) is 0 Å². The maximum Gasteiger partial charge on any atom is 0.224 e. The Balaban J connectivity index is 2.25. The summed E-state index contributed by atoms with van der Waals surface area (Å²) in [6, 6.07) is 9.87. The van der Waals surface area contributed by atoms with Gasteiger partial charge in [-0.25, -0.2) is 8.42 Å². The monoisotopic (exact) mass is 407 g/mol. The number of methoxy groups -OCH3 is 1. The molecule has 0 aliphatic rings. The number of nitrogens with one attached hydrogen (secondary N) is 1. The third-order valence-corrected chi connectivity index (χ3v) is 5.04. The van der Waals surface area contributed by atoms with Gasteiger partial charge < -0.3 is 19.5 Å². The molecule has 0 heterocycles. The van der Waals surface area contributed by atoms with Crippen molar-refractivity contribution in [2.45, 2.75) is 31.8 Å². The van der Waals surface area contributed by atoms with Gasteiger partial charge >= 0.3 is 0 Å². The molecule has 2 rings (SSSR count). The molecule has 0 saturated carbocycles. The molecule has 0 spiro atoms. The Morgan fingerprint density at radius 2 is 1.68 bits per heavy atom. The molecule has 0 bridgehead atoms. The van der Waals surface area contributed by atoms with Crippen LogP contribution in [0.5, 0.6) is 17.2 Å². The lowest BCUT2D eigenvalue weighted by Crippen LogP contribution is -2.11. The van der Waals surface area contributed by atoms with E-state index < -0.39 is 9.84 Å². The largest absolute Gasteiger partial charge is 0.491 e. The molecule has 28 heavy (non-hydrogen) atoms. The average molecular weight is 407 g/mol. The lowest BCUT2D eigenvalue weighted by atomic mass is 10.2. The van der Waals surface area contributed by atoms with Gasteiger partial charge in [-0.2, -0.15) is 0 Å². The molecule has 1 amide bonds. The molecule has 0 aromatic heterocycles. The molecule has 0 radical (unpaired) electrons. The smallest absolute Gasteiger partial charge is 0.224 e. The van der Waals surface area contributed by atoms with Crippen molar-refractivity contribution in [1.82, 2.24) is 0 Å². The summed E-state index contributed by atoms with van der Waals surface area (Å²) in [5, 5.41) is 2.77. The highest BCUT2D eigenvalue weighted by Crippen LogP contribution is 2.43.